The molecule has 106 valence electrons. The quantitative estimate of drug-likeness (QED) is 0.904. The maximum atomic E-state index is 10.0. The van der Waals surface area contributed by atoms with Crippen LogP contribution in [-0.4, -0.2) is 25.3 Å². The second-order valence-corrected chi connectivity index (χ2v) is 5.41. The Hall–Kier alpha value is -1.22. The van der Waals surface area contributed by atoms with Gasteiger partial charge in [-0.2, -0.15) is 0 Å². The predicted octanol–water partition coefficient (Wildman–Crippen LogP) is 3.37. The minimum absolute atomic E-state index is 0.505. The summed E-state index contributed by atoms with van der Waals surface area (Å²) in [4.78, 5) is 2.39. The van der Waals surface area contributed by atoms with Crippen LogP contribution in [0.3, 0.4) is 0 Å². The van der Waals surface area contributed by atoms with Crippen molar-refractivity contribution in [1.29, 1.82) is 0 Å². The summed E-state index contributed by atoms with van der Waals surface area (Å²) in [5.74, 6) is 1.64. The first-order chi connectivity index (χ1) is 9.17. The molecule has 1 fully saturated rings. The highest BCUT2D eigenvalue weighted by molar-refractivity contribution is 5.60. The highest BCUT2D eigenvalue weighted by Crippen LogP contribution is 2.36. The van der Waals surface area contributed by atoms with Crippen LogP contribution in [0.15, 0.2) is 18.2 Å². The Labute approximate surface area is 116 Å². The van der Waals surface area contributed by atoms with E-state index in [2.05, 4.69) is 17.9 Å². The van der Waals surface area contributed by atoms with Crippen molar-refractivity contribution < 1.29 is 9.84 Å². The molecule has 0 amide bonds. The molecule has 0 unspecified atom stereocenters. The summed E-state index contributed by atoms with van der Waals surface area (Å²) < 4.78 is 5.39. The lowest BCUT2D eigenvalue weighted by molar-refractivity contribution is 0.194. The summed E-state index contributed by atoms with van der Waals surface area (Å²) in [5.41, 5.74) is 2.05. The molecule has 0 aromatic heterocycles. The number of anilines is 1. The lowest BCUT2D eigenvalue weighted by Crippen LogP contribution is -2.34. The molecular weight excluding hydrogens is 238 g/mol. The molecule has 1 atom stereocenters. The van der Waals surface area contributed by atoms with Crippen LogP contribution in [0.25, 0.3) is 0 Å². The molecule has 3 heteroatoms. The molecule has 0 spiro atoms. The van der Waals surface area contributed by atoms with Gasteiger partial charge in [0.2, 0.25) is 0 Å². The second kappa shape index (κ2) is 6.29. The highest BCUT2D eigenvalue weighted by atomic mass is 16.5. The first-order valence-corrected chi connectivity index (χ1v) is 7.27. The molecule has 1 aliphatic heterocycles. The van der Waals surface area contributed by atoms with Crippen LogP contribution in [0, 0.1) is 5.92 Å². The fourth-order valence-corrected chi connectivity index (χ4v) is 2.99. The second-order valence-electron chi connectivity index (χ2n) is 5.41. The Morgan fingerprint density at radius 2 is 2.05 bits per heavy atom. The third kappa shape index (κ3) is 3.03. The van der Waals surface area contributed by atoms with E-state index in [1.165, 1.54) is 19.3 Å². The number of rotatable bonds is 4. The van der Waals surface area contributed by atoms with E-state index in [-0.39, 0.29) is 0 Å². The van der Waals surface area contributed by atoms with Gasteiger partial charge in [-0.05, 0) is 37.8 Å². The number of benzene rings is 1. The van der Waals surface area contributed by atoms with Gasteiger partial charge in [0.05, 0.1) is 13.2 Å². The third-order valence-corrected chi connectivity index (χ3v) is 4.21. The summed E-state index contributed by atoms with van der Waals surface area (Å²) in [6.07, 6.45) is 3.25. The zero-order valence-corrected chi connectivity index (χ0v) is 12.2. The number of ether oxygens (including phenoxy) is 1. The molecule has 0 aliphatic carbocycles. The van der Waals surface area contributed by atoms with Gasteiger partial charge in [0, 0.05) is 24.3 Å². The molecule has 1 aliphatic rings. The maximum absolute atomic E-state index is 10.0. The van der Waals surface area contributed by atoms with E-state index < -0.39 is 6.10 Å². The lowest BCUT2D eigenvalue weighted by Gasteiger charge is -2.35. The molecule has 1 N–H and O–H groups in total. The van der Waals surface area contributed by atoms with Crippen molar-refractivity contribution in [1.82, 2.24) is 0 Å². The SMILES string of the molecule is CCC1CCN(c2cccc(OC)c2[C@@H](C)O)CC1. The predicted molar refractivity (Wildman–Crippen MR) is 78.9 cm³/mol. The van der Waals surface area contributed by atoms with E-state index in [4.69, 9.17) is 4.74 Å². The van der Waals surface area contributed by atoms with Crippen LogP contribution in [0.4, 0.5) is 5.69 Å². The largest absolute Gasteiger partial charge is 0.496 e. The summed E-state index contributed by atoms with van der Waals surface area (Å²) in [6.45, 7) is 6.23. The van der Waals surface area contributed by atoms with Crippen LogP contribution in [0.1, 0.15) is 44.8 Å². The van der Waals surface area contributed by atoms with E-state index in [0.717, 1.165) is 36.0 Å². The van der Waals surface area contributed by atoms with Gasteiger partial charge in [-0.15, -0.1) is 0 Å². The van der Waals surface area contributed by atoms with Crippen LogP contribution >= 0.6 is 0 Å². The monoisotopic (exact) mass is 263 g/mol. The number of methoxy groups -OCH3 is 1. The summed E-state index contributed by atoms with van der Waals surface area (Å²) in [5, 5.41) is 10.0. The van der Waals surface area contributed by atoms with Crippen molar-refractivity contribution in [3.63, 3.8) is 0 Å². The Balaban J connectivity index is 2.25. The third-order valence-electron chi connectivity index (χ3n) is 4.21. The van der Waals surface area contributed by atoms with Crippen molar-refractivity contribution in [3.8, 4) is 5.75 Å². The van der Waals surface area contributed by atoms with Gasteiger partial charge in [0.25, 0.3) is 0 Å². The molecule has 1 aromatic rings. The molecule has 0 bridgehead atoms. The Morgan fingerprint density at radius 3 is 2.58 bits per heavy atom. The Kier molecular flexibility index (Phi) is 4.70. The molecule has 19 heavy (non-hydrogen) atoms. The average molecular weight is 263 g/mol. The summed E-state index contributed by atoms with van der Waals surface area (Å²) in [7, 11) is 1.66. The van der Waals surface area contributed by atoms with Gasteiger partial charge in [-0.1, -0.05) is 19.4 Å². The van der Waals surface area contributed by atoms with Crippen molar-refractivity contribution in [2.24, 2.45) is 5.92 Å². The first-order valence-electron chi connectivity index (χ1n) is 7.27. The van der Waals surface area contributed by atoms with Crippen LogP contribution in [0.2, 0.25) is 0 Å². The fourth-order valence-electron chi connectivity index (χ4n) is 2.99. The fraction of sp³-hybridized carbons (Fsp3) is 0.625. The van der Waals surface area contributed by atoms with Gasteiger partial charge in [0.1, 0.15) is 5.75 Å². The summed E-state index contributed by atoms with van der Waals surface area (Å²) in [6, 6.07) is 6.02. The summed E-state index contributed by atoms with van der Waals surface area (Å²) >= 11 is 0. The van der Waals surface area contributed by atoms with Gasteiger partial charge in [-0.25, -0.2) is 0 Å². The molecule has 1 aromatic carbocycles. The molecule has 1 heterocycles. The highest BCUT2D eigenvalue weighted by Gasteiger charge is 2.23. The normalized spacial score (nSPS) is 18.4. The van der Waals surface area contributed by atoms with E-state index >= 15 is 0 Å². The molecule has 1 saturated heterocycles. The minimum Gasteiger partial charge on any atom is -0.496 e. The maximum Gasteiger partial charge on any atom is 0.126 e. The minimum atomic E-state index is -0.505. The molecule has 0 radical (unpaired) electrons. The molecular formula is C16H25NO2. The number of nitrogens with zero attached hydrogens (tertiary/aromatic N) is 1. The van der Waals surface area contributed by atoms with Crippen molar-refractivity contribution in [3.05, 3.63) is 23.8 Å². The topological polar surface area (TPSA) is 32.7 Å². The zero-order chi connectivity index (χ0) is 13.8. The number of aliphatic hydroxyl groups is 1. The van der Waals surface area contributed by atoms with Crippen LogP contribution in [-0.2, 0) is 0 Å². The van der Waals surface area contributed by atoms with Gasteiger partial charge < -0.3 is 14.7 Å². The smallest absolute Gasteiger partial charge is 0.126 e. The zero-order valence-electron chi connectivity index (χ0n) is 12.2. The van der Waals surface area contributed by atoms with Gasteiger partial charge >= 0.3 is 0 Å². The van der Waals surface area contributed by atoms with Crippen molar-refractivity contribution in [2.45, 2.75) is 39.2 Å². The number of hydrogen-bond acceptors (Lipinski definition) is 3. The Morgan fingerprint density at radius 1 is 1.37 bits per heavy atom. The number of piperidine rings is 1. The first kappa shape index (κ1) is 14.2. The van der Waals surface area contributed by atoms with Crippen molar-refractivity contribution >= 4 is 5.69 Å². The average Bonchev–Trinajstić information content (AvgIpc) is 2.46. The van der Waals surface area contributed by atoms with E-state index in [1.54, 1.807) is 14.0 Å². The standard InChI is InChI=1S/C16H25NO2/c1-4-13-8-10-17(11-9-13)14-6-5-7-15(19-3)16(14)12(2)18/h5-7,12-13,18H,4,8-11H2,1-3H3/t12-/m1/s1. The van der Waals surface area contributed by atoms with Crippen molar-refractivity contribution in [2.75, 3.05) is 25.1 Å². The molecule has 3 nitrogen and oxygen atoms in total. The van der Waals surface area contributed by atoms with E-state index in [0.29, 0.717) is 0 Å². The van der Waals surface area contributed by atoms with E-state index in [9.17, 15) is 5.11 Å². The molecule has 2 rings (SSSR count). The van der Waals surface area contributed by atoms with E-state index in [1.807, 2.05) is 12.1 Å². The molecule has 0 saturated carbocycles. The van der Waals surface area contributed by atoms with Crippen LogP contribution in [0.5, 0.6) is 5.75 Å². The van der Waals surface area contributed by atoms with Gasteiger partial charge in [-0.3, -0.25) is 0 Å². The number of hydrogen-bond donors (Lipinski definition) is 1. The number of aliphatic hydroxyl groups excluding tert-OH is 1. The van der Waals surface area contributed by atoms with Crippen LogP contribution < -0.4 is 9.64 Å². The van der Waals surface area contributed by atoms with Gasteiger partial charge in [0.15, 0.2) is 0 Å². The Bertz CT molecular complexity index is 409. The lowest BCUT2D eigenvalue weighted by atomic mass is 9.93.